The molecule has 2 aromatic rings. The zero-order chi connectivity index (χ0) is 23.1. The molecule has 0 aliphatic heterocycles. The molecule has 0 amide bonds. The number of halogens is 1. The molecule has 0 aliphatic rings. The highest BCUT2D eigenvalue weighted by atomic mass is 19.1. The summed E-state index contributed by atoms with van der Waals surface area (Å²) in [5, 5.41) is 20.3. The summed E-state index contributed by atoms with van der Waals surface area (Å²) in [5.74, 6) is 0.0387. The fraction of sp³-hybridized carbons (Fsp3) is 0.500. The zero-order valence-corrected chi connectivity index (χ0v) is 19.5. The first-order chi connectivity index (χ1) is 14.7. The van der Waals surface area contributed by atoms with E-state index in [-0.39, 0.29) is 24.1 Å². The van der Waals surface area contributed by atoms with Crippen LogP contribution in [0.15, 0.2) is 30.3 Å². The number of pyridine rings is 1. The van der Waals surface area contributed by atoms with E-state index in [9.17, 15) is 14.6 Å². The van der Waals surface area contributed by atoms with Crippen molar-refractivity contribution in [3.63, 3.8) is 0 Å². The van der Waals surface area contributed by atoms with Gasteiger partial charge in [-0.15, -0.1) is 0 Å². The van der Waals surface area contributed by atoms with Crippen LogP contribution in [0.1, 0.15) is 81.8 Å². The van der Waals surface area contributed by atoms with Crippen molar-refractivity contribution in [2.75, 3.05) is 7.11 Å². The van der Waals surface area contributed by atoms with E-state index in [1.54, 1.807) is 25.3 Å². The topological polar surface area (TPSA) is 62.6 Å². The summed E-state index contributed by atoms with van der Waals surface area (Å²) in [7, 11) is 1.65. The lowest BCUT2D eigenvalue weighted by Crippen LogP contribution is -2.15. The van der Waals surface area contributed by atoms with Gasteiger partial charge in [0, 0.05) is 30.4 Å². The Kier molecular flexibility index (Phi) is 9.35. The number of aliphatic hydroxyl groups excluding tert-OH is 2. The van der Waals surface area contributed by atoms with Gasteiger partial charge in [0.2, 0.25) is 0 Å². The number of hydrogen-bond donors (Lipinski definition) is 2. The Labute approximate surface area is 185 Å². The number of benzene rings is 1. The molecule has 0 spiro atoms. The van der Waals surface area contributed by atoms with E-state index in [0.717, 1.165) is 33.6 Å². The van der Waals surface area contributed by atoms with Crippen LogP contribution in [-0.2, 0) is 11.3 Å². The molecule has 0 radical (unpaired) electrons. The Balaban J connectivity index is 2.77. The van der Waals surface area contributed by atoms with Crippen LogP contribution < -0.4 is 0 Å². The Hall–Kier alpha value is -2.08. The van der Waals surface area contributed by atoms with Crippen molar-refractivity contribution >= 4 is 6.08 Å². The number of ether oxygens (including phenoxy) is 1. The van der Waals surface area contributed by atoms with E-state index in [4.69, 9.17) is 9.72 Å². The molecule has 0 saturated heterocycles. The van der Waals surface area contributed by atoms with Crippen LogP contribution in [0, 0.1) is 5.82 Å². The molecule has 1 aromatic heterocycles. The lowest BCUT2D eigenvalue weighted by molar-refractivity contribution is 0.102. The maximum atomic E-state index is 13.7. The normalized spacial score (nSPS) is 14.0. The third-order valence-corrected chi connectivity index (χ3v) is 5.38. The van der Waals surface area contributed by atoms with Gasteiger partial charge in [-0.3, -0.25) is 4.98 Å². The lowest BCUT2D eigenvalue weighted by Gasteiger charge is -2.23. The minimum Gasteiger partial charge on any atom is -0.393 e. The average Bonchev–Trinajstić information content (AvgIpc) is 2.72. The molecular weight excluding hydrogens is 393 g/mol. The van der Waals surface area contributed by atoms with Crippen molar-refractivity contribution in [1.29, 1.82) is 0 Å². The number of methoxy groups -OCH3 is 1. The molecule has 2 atom stereocenters. The average molecular weight is 430 g/mol. The molecule has 0 saturated carbocycles. The summed E-state index contributed by atoms with van der Waals surface area (Å²) < 4.78 is 19.2. The Morgan fingerprint density at radius 1 is 1.03 bits per heavy atom. The molecule has 2 rings (SSSR count). The number of aliphatic hydroxyl groups is 2. The second kappa shape index (κ2) is 11.5. The fourth-order valence-electron chi connectivity index (χ4n) is 3.73. The lowest BCUT2D eigenvalue weighted by atomic mass is 9.87. The molecule has 4 nitrogen and oxygen atoms in total. The van der Waals surface area contributed by atoms with E-state index in [0.29, 0.717) is 13.0 Å². The van der Waals surface area contributed by atoms with Gasteiger partial charge in [-0.2, -0.15) is 0 Å². The van der Waals surface area contributed by atoms with Gasteiger partial charge < -0.3 is 14.9 Å². The van der Waals surface area contributed by atoms with E-state index in [1.807, 2.05) is 13.0 Å². The summed E-state index contributed by atoms with van der Waals surface area (Å²) >= 11 is 0. The quantitative estimate of drug-likeness (QED) is 0.500. The largest absolute Gasteiger partial charge is 0.393 e. The standard InChI is InChI=1S/C26H36FNO3/c1-7-20(29)14-21(30)12-13-22-24(18-8-10-19(27)11-9-18)23(15-31-6)26(17(4)5)28-25(22)16(2)3/h8-13,16-17,20-21,29-30H,7,14-15H2,1-6H3/b13-12+/t20-,21+/m0/s1. The van der Waals surface area contributed by atoms with Gasteiger partial charge >= 0.3 is 0 Å². The number of aromatic nitrogens is 1. The van der Waals surface area contributed by atoms with E-state index < -0.39 is 12.2 Å². The zero-order valence-electron chi connectivity index (χ0n) is 19.5. The van der Waals surface area contributed by atoms with Gasteiger partial charge in [-0.25, -0.2) is 4.39 Å². The summed E-state index contributed by atoms with van der Waals surface area (Å²) in [5.41, 5.74) is 5.57. The van der Waals surface area contributed by atoms with Crippen LogP contribution >= 0.6 is 0 Å². The molecule has 170 valence electrons. The van der Waals surface area contributed by atoms with Crippen LogP contribution in [0.2, 0.25) is 0 Å². The van der Waals surface area contributed by atoms with Crippen molar-refractivity contribution in [1.82, 2.24) is 4.98 Å². The maximum Gasteiger partial charge on any atom is 0.123 e. The fourth-order valence-corrected chi connectivity index (χ4v) is 3.73. The number of nitrogens with zero attached hydrogens (tertiary/aromatic N) is 1. The summed E-state index contributed by atoms with van der Waals surface area (Å²) in [4.78, 5) is 5.01. The van der Waals surface area contributed by atoms with Gasteiger partial charge in [-0.05, 0) is 41.5 Å². The Morgan fingerprint density at radius 3 is 2.16 bits per heavy atom. The smallest absolute Gasteiger partial charge is 0.123 e. The monoisotopic (exact) mass is 429 g/mol. The van der Waals surface area contributed by atoms with Crippen molar-refractivity contribution < 1.29 is 19.3 Å². The SMILES string of the molecule is CC[C@H](O)C[C@H](O)/C=C/c1c(C(C)C)nc(C(C)C)c(COC)c1-c1ccc(F)cc1. The molecule has 1 aromatic carbocycles. The second-order valence-corrected chi connectivity index (χ2v) is 8.62. The molecule has 31 heavy (non-hydrogen) atoms. The summed E-state index contributed by atoms with van der Waals surface area (Å²) in [6, 6.07) is 6.45. The molecule has 2 N–H and O–H groups in total. The predicted octanol–water partition coefficient (Wildman–Crippen LogP) is 5.82. The second-order valence-electron chi connectivity index (χ2n) is 8.62. The number of rotatable bonds is 10. The first kappa shape index (κ1) is 25.2. The third kappa shape index (κ3) is 6.45. The summed E-state index contributed by atoms with van der Waals surface area (Å²) in [6.45, 7) is 10.6. The molecular formula is C26H36FNO3. The highest BCUT2D eigenvalue weighted by Gasteiger charge is 2.23. The van der Waals surface area contributed by atoms with Crippen LogP contribution in [0.3, 0.4) is 0 Å². The van der Waals surface area contributed by atoms with Gasteiger partial charge in [0.15, 0.2) is 0 Å². The highest BCUT2D eigenvalue weighted by molar-refractivity contribution is 5.80. The third-order valence-electron chi connectivity index (χ3n) is 5.38. The number of hydrogen-bond acceptors (Lipinski definition) is 4. The molecule has 0 bridgehead atoms. The van der Waals surface area contributed by atoms with Gasteiger partial charge in [0.1, 0.15) is 5.82 Å². The van der Waals surface area contributed by atoms with Crippen molar-refractivity contribution in [2.45, 2.75) is 78.1 Å². The van der Waals surface area contributed by atoms with Crippen molar-refractivity contribution in [3.8, 4) is 11.1 Å². The molecule has 0 fully saturated rings. The molecule has 0 unspecified atom stereocenters. The molecule has 5 heteroatoms. The van der Waals surface area contributed by atoms with Crippen LogP contribution in [0.4, 0.5) is 4.39 Å². The van der Waals surface area contributed by atoms with Crippen LogP contribution in [-0.4, -0.2) is 34.5 Å². The maximum absolute atomic E-state index is 13.7. The Morgan fingerprint density at radius 2 is 1.65 bits per heavy atom. The first-order valence-electron chi connectivity index (χ1n) is 11.0. The molecule has 1 heterocycles. The minimum atomic E-state index is -0.772. The first-order valence-corrected chi connectivity index (χ1v) is 11.0. The van der Waals surface area contributed by atoms with Crippen LogP contribution in [0.25, 0.3) is 17.2 Å². The predicted molar refractivity (Wildman–Crippen MR) is 124 cm³/mol. The Bertz CT molecular complexity index is 875. The van der Waals surface area contributed by atoms with Crippen LogP contribution in [0.5, 0.6) is 0 Å². The highest BCUT2D eigenvalue weighted by Crippen LogP contribution is 2.37. The van der Waals surface area contributed by atoms with Crippen molar-refractivity contribution in [3.05, 3.63) is 58.7 Å². The van der Waals surface area contributed by atoms with E-state index in [2.05, 4.69) is 27.7 Å². The minimum absolute atomic E-state index is 0.145. The summed E-state index contributed by atoms with van der Waals surface area (Å²) in [6.07, 6.45) is 3.14. The van der Waals surface area contributed by atoms with Crippen molar-refractivity contribution in [2.24, 2.45) is 0 Å². The van der Waals surface area contributed by atoms with Gasteiger partial charge in [0.25, 0.3) is 0 Å². The molecule has 0 aliphatic carbocycles. The van der Waals surface area contributed by atoms with E-state index in [1.165, 1.54) is 12.1 Å². The van der Waals surface area contributed by atoms with Gasteiger partial charge in [0.05, 0.1) is 24.5 Å². The van der Waals surface area contributed by atoms with E-state index >= 15 is 0 Å². The van der Waals surface area contributed by atoms with Gasteiger partial charge in [-0.1, -0.05) is 58.9 Å².